The largest absolute Gasteiger partial charge is 0.379 e. The number of carbonyl (C=O) groups excluding carboxylic acids is 1. The summed E-state index contributed by atoms with van der Waals surface area (Å²) in [4.78, 5) is 15.4. The topological polar surface area (TPSA) is 29.5 Å². The summed E-state index contributed by atoms with van der Waals surface area (Å²) in [6.45, 7) is 8.91. The Balaban J connectivity index is 2.35. The second-order valence-corrected chi connectivity index (χ2v) is 6.23. The van der Waals surface area contributed by atoms with E-state index in [2.05, 4.69) is 34.3 Å². The number of benzene rings is 1. The SMILES string of the molecule is C=CCC(CC)(C(=O)c1ccc(Br)cc1)N1CCOCC1. The van der Waals surface area contributed by atoms with Crippen molar-refractivity contribution < 1.29 is 9.53 Å². The van der Waals surface area contributed by atoms with Crippen LogP contribution >= 0.6 is 15.9 Å². The number of hydrogen-bond donors (Lipinski definition) is 0. The average Bonchev–Trinajstić information content (AvgIpc) is 2.53. The summed E-state index contributed by atoms with van der Waals surface area (Å²) in [6.07, 6.45) is 3.29. The van der Waals surface area contributed by atoms with Crippen LogP contribution in [0.4, 0.5) is 0 Å². The molecule has 0 N–H and O–H groups in total. The minimum Gasteiger partial charge on any atom is -0.379 e. The van der Waals surface area contributed by atoms with Gasteiger partial charge in [0.25, 0.3) is 0 Å². The van der Waals surface area contributed by atoms with Gasteiger partial charge in [-0.25, -0.2) is 0 Å². The predicted octanol–water partition coefficient (Wildman–Crippen LogP) is 3.69. The summed E-state index contributed by atoms with van der Waals surface area (Å²) in [6, 6.07) is 7.61. The summed E-state index contributed by atoms with van der Waals surface area (Å²) in [5.74, 6) is 0.180. The van der Waals surface area contributed by atoms with E-state index in [1.54, 1.807) is 0 Å². The number of morpholine rings is 1. The maximum absolute atomic E-state index is 13.2. The molecule has 0 spiro atoms. The van der Waals surface area contributed by atoms with Gasteiger partial charge >= 0.3 is 0 Å². The lowest BCUT2D eigenvalue weighted by Gasteiger charge is -2.43. The number of ether oxygens (including phenoxy) is 1. The zero-order valence-electron chi connectivity index (χ0n) is 12.5. The van der Waals surface area contributed by atoms with Crippen LogP contribution < -0.4 is 0 Å². The zero-order chi connectivity index (χ0) is 15.3. The summed E-state index contributed by atoms with van der Waals surface area (Å²) >= 11 is 3.42. The van der Waals surface area contributed by atoms with E-state index >= 15 is 0 Å². The molecule has 1 aliphatic rings. The number of carbonyl (C=O) groups is 1. The first-order valence-electron chi connectivity index (χ1n) is 7.38. The minimum atomic E-state index is -0.501. The van der Waals surface area contributed by atoms with E-state index in [0.29, 0.717) is 19.6 Å². The van der Waals surface area contributed by atoms with Gasteiger partial charge in [-0.3, -0.25) is 9.69 Å². The smallest absolute Gasteiger partial charge is 0.183 e. The van der Waals surface area contributed by atoms with Gasteiger partial charge in [-0.05, 0) is 25.0 Å². The standard InChI is InChI=1S/C17H22BrNO2/c1-3-9-17(4-2,19-10-12-21-13-11-19)16(20)14-5-7-15(18)8-6-14/h3,5-8H,1,4,9-13H2,2H3. The van der Waals surface area contributed by atoms with E-state index in [0.717, 1.165) is 29.5 Å². The normalized spacial score (nSPS) is 19.0. The molecule has 3 nitrogen and oxygen atoms in total. The lowest BCUT2D eigenvalue weighted by Crippen LogP contribution is -2.57. The molecule has 1 saturated heterocycles. The fraction of sp³-hybridized carbons (Fsp3) is 0.471. The Bertz CT molecular complexity index is 494. The van der Waals surface area contributed by atoms with E-state index in [1.807, 2.05) is 30.3 Å². The van der Waals surface area contributed by atoms with Gasteiger partial charge < -0.3 is 4.74 Å². The summed E-state index contributed by atoms with van der Waals surface area (Å²) in [5, 5.41) is 0. The molecule has 21 heavy (non-hydrogen) atoms. The third kappa shape index (κ3) is 3.44. The van der Waals surface area contributed by atoms with Gasteiger partial charge in [-0.2, -0.15) is 0 Å². The molecule has 114 valence electrons. The average molecular weight is 352 g/mol. The molecule has 1 aliphatic heterocycles. The number of rotatable bonds is 6. The lowest BCUT2D eigenvalue weighted by atomic mass is 9.81. The molecule has 0 bridgehead atoms. The molecule has 1 fully saturated rings. The van der Waals surface area contributed by atoms with Crippen LogP contribution in [-0.4, -0.2) is 42.5 Å². The van der Waals surface area contributed by atoms with E-state index < -0.39 is 5.54 Å². The van der Waals surface area contributed by atoms with Crippen molar-refractivity contribution >= 4 is 21.7 Å². The Kier molecular flexibility index (Phi) is 5.73. The van der Waals surface area contributed by atoms with Crippen LogP contribution in [0.15, 0.2) is 41.4 Å². The molecule has 1 heterocycles. The Hall–Kier alpha value is -0.970. The Labute approximate surface area is 135 Å². The summed E-state index contributed by atoms with van der Waals surface area (Å²) in [7, 11) is 0. The first kappa shape index (κ1) is 16.4. The fourth-order valence-corrected chi connectivity index (χ4v) is 3.26. The Morgan fingerprint density at radius 2 is 2.00 bits per heavy atom. The van der Waals surface area contributed by atoms with E-state index in [9.17, 15) is 4.79 Å². The van der Waals surface area contributed by atoms with E-state index in [1.165, 1.54) is 0 Å². The van der Waals surface area contributed by atoms with Crippen LogP contribution in [0.3, 0.4) is 0 Å². The molecule has 0 saturated carbocycles. The Morgan fingerprint density at radius 3 is 2.52 bits per heavy atom. The number of nitrogens with zero attached hydrogens (tertiary/aromatic N) is 1. The van der Waals surface area contributed by atoms with Crippen LogP contribution in [0, 0.1) is 0 Å². The third-order valence-electron chi connectivity index (χ3n) is 4.21. The van der Waals surface area contributed by atoms with Crippen molar-refractivity contribution in [3.05, 3.63) is 47.0 Å². The van der Waals surface area contributed by atoms with Gasteiger partial charge in [-0.15, -0.1) is 6.58 Å². The molecule has 0 aliphatic carbocycles. The molecule has 1 aromatic rings. The van der Waals surface area contributed by atoms with Gasteiger partial charge in [0.15, 0.2) is 5.78 Å². The third-order valence-corrected chi connectivity index (χ3v) is 4.74. The van der Waals surface area contributed by atoms with Crippen molar-refractivity contribution in [2.75, 3.05) is 26.3 Å². The summed E-state index contributed by atoms with van der Waals surface area (Å²) in [5.41, 5.74) is 0.257. The molecule has 0 radical (unpaired) electrons. The molecular formula is C17H22BrNO2. The highest BCUT2D eigenvalue weighted by molar-refractivity contribution is 9.10. The van der Waals surface area contributed by atoms with Crippen LogP contribution in [0.25, 0.3) is 0 Å². The van der Waals surface area contributed by atoms with Crippen molar-refractivity contribution in [1.29, 1.82) is 0 Å². The van der Waals surface area contributed by atoms with E-state index in [4.69, 9.17) is 4.74 Å². The maximum atomic E-state index is 13.2. The fourth-order valence-electron chi connectivity index (χ4n) is 2.99. The van der Waals surface area contributed by atoms with Gasteiger partial charge in [0.1, 0.15) is 0 Å². The monoisotopic (exact) mass is 351 g/mol. The minimum absolute atomic E-state index is 0.180. The number of halogens is 1. The van der Waals surface area contributed by atoms with Gasteiger partial charge in [-0.1, -0.05) is 41.1 Å². The Morgan fingerprint density at radius 1 is 1.38 bits per heavy atom. The molecule has 0 aromatic heterocycles. The highest BCUT2D eigenvalue weighted by Crippen LogP contribution is 2.30. The van der Waals surface area contributed by atoms with Crippen molar-refractivity contribution in [1.82, 2.24) is 4.90 Å². The van der Waals surface area contributed by atoms with Gasteiger partial charge in [0.05, 0.1) is 18.8 Å². The van der Waals surface area contributed by atoms with E-state index in [-0.39, 0.29) is 5.78 Å². The molecule has 4 heteroatoms. The zero-order valence-corrected chi connectivity index (χ0v) is 14.1. The second kappa shape index (κ2) is 7.34. The first-order valence-corrected chi connectivity index (χ1v) is 8.17. The highest BCUT2D eigenvalue weighted by atomic mass is 79.9. The number of ketones is 1. The van der Waals surface area contributed by atoms with Crippen molar-refractivity contribution in [3.8, 4) is 0 Å². The maximum Gasteiger partial charge on any atom is 0.183 e. The van der Waals surface area contributed by atoms with Crippen LogP contribution in [-0.2, 0) is 4.74 Å². The predicted molar refractivity (Wildman–Crippen MR) is 88.7 cm³/mol. The molecular weight excluding hydrogens is 330 g/mol. The van der Waals surface area contributed by atoms with Crippen molar-refractivity contribution in [2.45, 2.75) is 25.3 Å². The first-order chi connectivity index (χ1) is 10.1. The van der Waals surface area contributed by atoms with Gasteiger partial charge in [0, 0.05) is 23.1 Å². The quantitative estimate of drug-likeness (QED) is 0.578. The number of Topliss-reactive ketones (excluding diaryl/α,β-unsaturated/α-hetero) is 1. The van der Waals surface area contributed by atoms with Crippen LogP contribution in [0.5, 0.6) is 0 Å². The summed E-state index contributed by atoms with van der Waals surface area (Å²) < 4.78 is 6.42. The molecule has 1 atom stereocenters. The second-order valence-electron chi connectivity index (χ2n) is 5.31. The van der Waals surface area contributed by atoms with Gasteiger partial charge in [0.2, 0.25) is 0 Å². The number of hydrogen-bond acceptors (Lipinski definition) is 3. The van der Waals surface area contributed by atoms with Crippen molar-refractivity contribution in [2.24, 2.45) is 0 Å². The van der Waals surface area contributed by atoms with Crippen molar-refractivity contribution in [3.63, 3.8) is 0 Å². The van der Waals surface area contributed by atoms with Crippen LogP contribution in [0.1, 0.15) is 30.1 Å². The molecule has 0 amide bonds. The molecule has 2 rings (SSSR count). The van der Waals surface area contributed by atoms with Crippen LogP contribution in [0.2, 0.25) is 0 Å². The molecule has 1 aromatic carbocycles. The highest BCUT2D eigenvalue weighted by Gasteiger charge is 2.42. The molecule has 1 unspecified atom stereocenters. The lowest BCUT2D eigenvalue weighted by molar-refractivity contribution is -0.0154.